The zero-order valence-corrected chi connectivity index (χ0v) is 12.1. The van der Waals surface area contributed by atoms with Crippen LogP contribution in [-0.4, -0.2) is 34.6 Å². The number of anilines is 2. The lowest BCUT2D eigenvalue weighted by molar-refractivity contribution is 0.179. The molecular weight excluding hydrogens is 262 g/mol. The van der Waals surface area contributed by atoms with Gasteiger partial charge in [0.05, 0.1) is 0 Å². The first-order valence-electron chi connectivity index (χ1n) is 7.05. The average molecular weight is 282 g/mol. The van der Waals surface area contributed by atoms with Crippen molar-refractivity contribution in [1.29, 1.82) is 0 Å². The van der Waals surface area contributed by atoms with Crippen molar-refractivity contribution in [3.63, 3.8) is 0 Å². The standard InChI is InChI=1S/C13H20ClN5/c1-13(5-4-6-13)9-15-11-16-10(14)17-12(18-11)19-7-2-3-8-19/h2-9H2,1H3,(H,15,16,17,18). The fraction of sp³-hybridized carbons (Fsp3) is 0.769. The Bertz CT molecular complexity index is 454. The quantitative estimate of drug-likeness (QED) is 0.920. The smallest absolute Gasteiger partial charge is 0.231 e. The van der Waals surface area contributed by atoms with Gasteiger partial charge in [-0.1, -0.05) is 13.3 Å². The monoisotopic (exact) mass is 281 g/mol. The zero-order valence-electron chi connectivity index (χ0n) is 11.3. The van der Waals surface area contributed by atoms with Crippen LogP contribution in [0.25, 0.3) is 0 Å². The van der Waals surface area contributed by atoms with Crippen LogP contribution in [0.15, 0.2) is 0 Å². The van der Waals surface area contributed by atoms with E-state index in [1.165, 1.54) is 32.1 Å². The molecule has 5 nitrogen and oxygen atoms in total. The first-order valence-corrected chi connectivity index (χ1v) is 7.43. The molecule has 0 radical (unpaired) electrons. The molecule has 104 valence electrons. The normalized spacial score (nSPS) is 21.3. The molecule has 0 amide bonds. The van der Waals surface area contributed by atoms with E-state index in [-0.39, 0.29) is 5.28 Å². The van der Waals surface area contributed by atoms with E-state index in [4.69, 9.17) is 11.6 Å². The van der Waals surface area contributed by atoms with Crippen LogP contribution in [0.4, 0.5) is 11.9 Å². The Labute approximate surface area is 118 Å². The average Bonchev–Trinajstić information content (AvgIpc) is 2.87. The van der Waals surface area contributed by atoms with Gasteiger partial charge in [0.2, 0.25) is 17.2 Å². The van der Waals surface area contributed by atoms with Gasteiger partial charge in [-0.05, 0) is 42.7 Å². The molecule has 0 spiro atoms. The van der Waals surface area contributed by atoms with E-state index < -0.39 is 0 Å². The maximum atomic E-state index is 6.00. The van der Waals surface area contributed by atoms with E-state index in [2.05, 4.69) is 32.1 Å². The second-order valence-corrected chi connectivity index (χ2v) is 6.28. The summed E-state index contributed by atoms with van der Waals surface area (Å²) in [6, 6.07) is 0. The molecule has 1 aliphatic heterocycles. The third-order valence-electron chi connectivity index (χ3n) is 4.22. The first kappa shape index (κ1) is 12.9. The lowest BCUT2D eigenvalue weighted by Gasteiger charge is -2.38. The molecule has 2 aliphatic rings. The molecule has 1 aliphatic carbocycles. The number of halogens is 1. The Morgan fingerprint density at radius 1 is 1.16 bits per heavy atom. The van der Waals surface area contributed by atoms with Gasteiger partial charge in [0, 0.05) is 19.6 Å². The van der Waals surface area contributed by atoms with Crippen LogP contribution in [0.1, 0.15) is 39.0 Å². The summed E-state index contributed by atoms with van der Waals surface area (Å²) >= 11 is 6.00. The molecule has 1 saturated heterocycles. The van der Waals surface area contributed by atoms with Crippen molar-refractivity contribution in [2.75, 3.05) is 29.9 Å². The number of nitrogens with zero attached hydrogens (tertiary/aromatic N) is 4. The molecule has 1 N–H and O–H groups in total. The molecule has 0 atom stereocenters. The Morgan fingerprint density at radius 3 is 2.53 bits per heavy atom. The lowest BCUT2D eigenvalue weighted by atomic mass is 9.70. The van der Waals surface area contributed by atoms with Crippen LogP contribution in [0.5, 0.6) is 0 Å². The molecule has 0 bridgehead atoms. The SMILES string of the molecule is CC1(CNc2nc(Cl)nc(N3CCCC3)n2)CCC1. The van der Waals surface area contributed by atoms with E-state index >= 15 is 0 Å². The van der Waals surface area contributed by atoms with Crippen LogP contribution < -0.4 is 10.2 Å². The minimum absolute atomic E-state index is 0.276. The fourth-order valence-corrected chi connectivity index (χ4v) is 2.88. The molecule has 6 heteroatoms. The van der Waals surface area contributed by atoms with E-state index in [9.17, 15) is 0 Å². The first-order chi connectivity index (χ1) is 9.15. The lowest BCUT2D eigenvalue weighted by Crippen LogP contribution is -2.34. The Morgan fingerprint density at radius 2 is 1.89 bits per heavy atom. The maximum absolute atomic E-state index is 6.00. The predicted octanol–water partition coefficient (Wildman–Crippen LogP) is 2.73. The summed E-state index contributed by atoms with van der Waals surface area (Å²) in [5, 5.41) is 3.59. The van der Waals surface area contributed by atoms with Gasteiger partial charge < -0.3 is 10.2 Å². The van der Waals surface area contributed by atoms with Gasteiger partial charge in [-0.25, -0.2) is 0 Å². The van der Waals surface area contributed by atoms with Crippen LogP contribution in [0, 0.1) is 5.41 Å². The van der Waals surface area contributed by atoms with Crippen molar-refractivity contribution < 1.29 is 0 Å². The van der Waals surface area contributed by atoms with E-state index in [1.807, 2.05) is 0 Å². The number of hydrogen-bond donors (Lipinski definition) is 1. The summed E-state index contributed by atoms with van der Waals surface area (Å²) in [4.78, 5) is 15.1. The third-order valence-corrected chi connectivity index (χ3v) is 4.39. The highest BCUT2D eigenvalue weighted by molar-refractivity contribution is 6.28. The molecule has 2 heterocycles. The predicted molar refractivity (Wildman–Crippen MR) is 76.7 cm³/mol. The summed E-state index contributed by atoms with van der Waals surface area (Å²) < 4.78 is 0. The van der Waals surface area contributed by atoms with Crippen LogP contribution in [0.2, 0.25) is 5.28 Å². The van der Waals surface area contributed by atoms with Crippen molar-refractivity contribution in [1.82, 2.24) is 15.0 Å². The van der Waals surface area contributed by atoms with Gasteiger partial charge in [0.15, 0.2) is 0 Å². The van der Waals surface area contributed by atoms with Gasteiger partial charge in [-0.3, -0.25) is 0 Å². The van der Waals surface area contributed by atoms with Gasteiger partial charge in [0.1, 0.15) is 0 Å². The summed E-state index contributed by atoms with van der Waals surface area (Å²) in [6.07, 6.45) is 6.28. The number of hydrogen-bond acceptors (Lipinski definition) is 5. The molecule has 1 saturated carbocycles. The maximum Gasteiger partial charge on any atom is 0.231 e. The number of aromatic nitrogens is 3. The molecule has 19 heavy (non-hydrogen) atoms. The Hall–Kier alpha value is -1.10. The van der Waals surface area contributed by atoms with Gasteiger partial charge in [0.25, 0.3) is 0 Å². The van der Waals surface area contributed by atoms with Crippen molar-refractivity contribution in [3.8, 4) is 0 Å². The highest BCUT2D eigenvalue weighted by atomic mass is 35.5. The summed E-state index contributed by atoms with van der Waals surface area (Å²) in [7, 11) is 0. The van der Waals surface area contributed by atoms with Crippen molar-refractivity contribution in [3.05, 3.63) is 5.28 Å². The second-order valence-electron chi connectivity index (χ2n) is 5.94. The van der Waals surface area contributed by atoms with Crippen molar-refractivity contribution in [2.24, 2.45) is 5.41 Å². The second kappa shape index (κ2) is 5.12. The van der Waals surface area contributed by atoms with E-state index in [0.29, 0.717) is 17.3 Å². The number of nitrogens with one attached hydrogen (secondary N) is 1. The molecule has 0 aromatic carbocycles. The zero-order chi connectivity index (χ0) is 13.3. The number of rotatable bonds is 4. The molecule has 2 fully saturated rings. The Kier molecular flexibility index (Phi) is 3.48. The van der Waals surface area contributed by atoms with E-state index in [1.54, 1.807) is 0 Å². The van der Waals surface area contributed by atoms with Crippen LogP contribution in [0.3, 0.4) is 0 Å². The molecular formula is C13H20ClN5. The molecule has 3 rings (SSSR count). The van der Waals surface area contributed by atoms with Crippen molar-refractivity contribution in [2.45, 2.75) is 39.0 Å². The summed E-state index contributed by atoms with van der Waals surface area (Å²) in [5.74, 6) is 1.31. The van der Waals surface area contributed by atoms with Gasteiger partial charge in [-0.15, -0.1) is 0 Å². The topological polar surface area (TPSA) is 53.9 Å². The summed E-state index contributed by atoms with van der Waals surface area (Å²) in [5.41, 5.74) is 0.396. The van der Waals surface area contributed by atoms with Gasteiger partial charge in [-0.2, -0.15) is 15.0 Å². The largest absolute Gasteiger partial charge is 0.353 e. The molecule has 1 aromatic heterocycles. The van der Waals surface area contributed by atoms with E-state index in [0.717, 1.165) is 19.6 Å². The summed E-state index contributed by atoms with van der Waals surface area (Å²) in [6.45, 7) is 5.23. The molecule has 1 aromatic rings. The molecule has 0 unspecified atom stereocenters. The highest BCUT2D eigenvalue weighted by Crippen LogP contribution is 2.40. The van der Waals surface area contributed by atoms with Crippen LogP contribution in [-0.2, 0) is 0 Å². The Balaban J connectivity index is 1.70. The van der Waals surface area contributed by atoms with Gasteiger partial charge >= 0.3 is 0 Å². The third kappa shape index (κ3) is 2.91. The highest BCUT2D eigenvalue weighted by Gasteiger charge is 2.31. The minimum atomic E-state index is 0.276. The fourth-order valence-electron chi connectivity index (χ4n) is 2.73. The van der Waals surface area contributed by atoms with Crippen LogP contribution >= 0.6 is 11.6 Å². The van der Waals surface area contributed by atoms with Crippen molar-refractivity contribution >= 4 is 23.5 Å². The minimum Gasteiger partial charge on any atom is -0.353 e.